The minimum absolute atomic E-state index is 0.382. The molecule has 0 fully saturated rings. The van der Waals surface area contributed by atoms with Gasteiger partial charge in [-0.3, -0.25) is 0 Å². The van der Waals surface area contributed by atoms with Crippen LogP contribution in [0, 0.1) is 3.57 Å². The molecule has 5 heteroatoms. The Morgan fingerprint density at radius 1 is 1.46 bits per heavy atom. The van der Waals surface area contributed by atoms with Crippen molar-refractivity contribution >= 4 is 34.8 Å². The van der Waals surface area contributed by atoms with Crippen LogP contribution in [0.2, 0.25) is 0 Å². The van der Waals surface area contributed by atoms with E-state index < -0.39 is 6.09 Å². The molecule has 0 saturated heterocycles. The second-order valence-electron chi connectivity index (χ2n) is 2.00. The molecule has 1 aromatic rings. The molecule has 1 aromatic carbocycles. The molecule has 0 spiro atoms. The molecule has 0 aliphatic rings. The molecular formula is C8H4INO3. The second-order valence-corrected chi connectivity index (χ2v) is 3.16. The molecule has 0 aliphatic carbocycles. The number of aliphatic imine (C=N–C) groups is 1. The van der Waals surface area contributed by atoms with E-state index in [-0.39, 0.29) is 0 Å². The molecule has 13 heavy (non-hydrogen) atoms. The minimum atomic E-state index is -0.959. The summed E-state index contributed by atoms with van der Waals surface area (Å²) in [6.07, 6.45) is 0.146. The number of para-hydroxylation sites is 1. The lowest BCUT2D eigenvalue weighted by molar-refractivity contribution is 0.211. The van der Waals surface area contributed by atoms with Gasteiger partial charge in [0.25, 0.3) is 0 Å². The van der Waals surface area contributed by atoms with E-state index >= 15 is 0 Å². The zero-order chi connectivity index (χ0) is 9.68. The topological polar surface area (TPSA) is 55.7 Å². The van der Waals surface area contributed by atoms with Crippen molar-refractivity contribution in [3.63, 3.8) is 0 Å². The summed E-state index contributed by atoms with van der Waals surface area (Å²) in [7, 11) is 0. The zero-order valence-corrected chi connectivity index (χ0v) is 8.52. The monoisotopic (exact) mass is 289 g/mol. The molecule has 4 nitrogen and oxygen atoms in total. The van der Waals surface area contributed by atoms with Crippen LogP contribution < -0.4 is 4.74 Å². The first-order valence-electron chi connectivity index (χ1n) is 3.28. The van der Waals surface area contributed by atoms with Crippen molar-refractivity contribution in [2.45, 2.75) is 0 Å². The number of carbonyl (C=O) groups excluding carboxylic acids is 2. The van der Waals surface area contributed by atoms with E-state index in [1.165, 1.54) is 0 Å². The van der Waals surface area contributed by atoms with E-state index in [9.17, 15) is 9.59 Å². The number of carbonyl (C=O) groups is 1. The minimum Gasteiger partial charge on any atom is -0.407 e. The molecule has 0 radical (unpaired) electrons. The fraction of sp³-hybridized carbons (Fsp3) is 0. The Labute approximate surface area is 87.8 Å². The predicted molar refractivity (Wildman–Crippen MR) is 53.3 cm³/mol. The second kappa shape index (κ2) is 4.74. The van der Waals surface area contributed by atoms with E-state index in [1.807, 2.05) is 28.7 Å². The Hall–Kier alpha value is -1.20. The Balaban J connectivity index is 2.80. The smallest absolute Gasteiger partial charge is 0.407 e. The van der Waals surface area contributed by atoms with Crippen LogP contribution in [0.4, 0.5) is 4.79 Å². The fourth-order valence-electron chi connectivity index (χ4n) is 0.682. The summed E-state index contributed by atoms with van der Waals surface area (Å²) < 4.78 is 5.48. The largest absolute Gasteiger partial charge is 0.450 e. The number of hydrogen-bond donors (Lipinski definition) is 0. The van der Waals surface area contributed by atoms with Gasteiger partial charge in [-0.2, -0.15) is 0 Å². The van der Waals surface area contributed by atoms with Crippen molar-refractivity contribution < 1.29 is 14.3 Å². The summed E-state index contributed by atoms with van der Waals surface area (Å²) in [6, 6.07) is 6.91. The van der Waals surface area contributed by atoms with Crippen LogP contribution >= 0.6 is 22.6 Å². The van der Waals surface area contributed by atoms with Crippen LogP contribution in [0.5, 0.6) is 5.75 Å². The summed E-state index contributed by atoms with van der Waals surface area (Å²) in [5.41, 5.74) is 0. The van der Waals surface area contributed by atoms with Gasteiger partial charge in [0.2, 0.25) is 6.08 Å². The van der Waals surface area contributed by atoms with Gasteiger partial charge in [0.15, 0.2) is 0 Å². The molecular weight excluding hydrogens is 285 g/mol. The maximum absolute atomic E-state index is 10.7. The number of hydrogen-bond acceptors (Lipinski definition) is 3. The molecule has 0 atom stereocenters. The molecule has 0 N–H and O–H groups in total. The third-order valence-electron chi connectivity index (χ3n) is 1.17. The number of rotatable bonds is 1. The van der Waals surface area contributed by atoms with Crippen molar-refractivity contribution in [3.05, 3.63) is 27.8 Å². The molecule has 66 valence electrons. The van der Waals surface area contributed by atoms with Crippen LogP contribution in [-0.2, 0) is 4.79 Å². The van der Waals surface area contributed by atoms with Crippen molar-refractivity contribution in [3.8, 4) is 5.75 Å². The first-order chi connectivity index (χ1) is 6.24. The molecule has 0 unspecified atom stereocenters. The number of halogens is 1. The highest BCUT2D eigenvalue weighted by atomic mass is 127. The summed E-state index contributed by atoms with van der Waals surface area (Å²) in [4.78, 5) is 23.2. The van der Waals surface area contributed by atoms with Crippen molar-refractivity contribution in [1.29, 1.82) is 0 Å². The maximum atomic E-state index is 10.7. The lowest BCUT2D eigenvalue weighted by Crippen LogP contribution is -2.02. The summed E-state index contributed by atoms with van der Waals surface area (Å²) in [5.74, 6) is 0.382. The Morgan fingerprint density at radius 2 is 2.15 bits per heavy atom. The van der Waals surface area contributed by atoms with Crippen molar-refractivity contribution in [1.82, 2.24) is 0 Å². The normalized spacial score (nSPS) is 8.69. The molecule has 0 bridgehead atoms. The van der Waals surface area contributed by atoms with Gasteiger partial charge in [0.05, 0.1) is 3.57 Å². The van der Waals surface area contributed by atoms with Gasteiger partial charge in [0, 0.05) is 0 Å². The quantitative estimate of drug-likeness (QED) is 0.452. The van der Waals surface area contributed by atoms with Crippen LogP contribution in [0.3, 0.4) is 0 Å². The van der Waals surface area contributed by atoms with Gasteiger partial charge in [-0.1, -0.05) is 17.1 Å². The summed E-state index contributed by atoms with van der Waals surface area (Å²) in [6.45, 7) is 0. The van der Waals surface area contributed by atoms with Gasteiger partial charge in [-0.05, 0) is 34.7 Å². The first kappa shape index (κ1) is 9.88. The standard InChI is InChI=1S/C8H4INO3/c9-6-3-1-2-4-7(6)13-8(12)10-5-11/h1-4H. The Kier molecular flexibility index (Phi) is 3.60. The van der Waals surface area contributed by atoms with Gasteiger partial charge < -0.3 is 4.74 Å². The van der Waals surface area contributed by atoms with Crippen LogP contribution in [0.15, 0.2) is 29.3 Å². The fourth-order valence-corrected chi connectivity index (χ4v) is 1.18. The number of isocyanates is 1. The molecule has 0 saturated carbocycles. The maximum Gasteiger partial charge on any atom is 0.450 e. The Bertz CT molecular complexity index is 371. The molecule has 0 heterocycles. The van der Waals surface area contributed by atoms with Gasteiger partial charge in [-0.15, -0.1) is 0 Å². The van der Waals surface area contributed by atoms with E-state index in [0.29, 0.717) is 5.75 Å². The van der Waals surface area contributed by atoms with Gasteiger partial charge >= 0.3 is 6.09 Å². The van der Waals surface area contributed by atoms with Gasteiger partial charge in [-0.25, -0.2) is 9.59 Å². The van der Waals surface area contributed by atoms with Crippen LogP contribution in [0.1, 0.15) is 0 Å². The van der Waals surface area contributed by atoms with Crippen molar-refractivity contribution in [2.24, 2.45) is 4.99 Å². The molecule has 0 aromatic heterocycles. The van der Waals surface area contributed by atoms with Crippen molar-refractivity contribution in [2.75, 3.05) is 0 Å². The summed E-state index contributed by atoms with van der Waals surface area (Å²) >= 11 is 2.00. The van der Waals surface area contributed by atoms with Crippen LogP contribution in [-0.4, -0.2) is 12.2 Å². The molecule has 1 rings (SSSR count). The lowest BCUT2D eigenvalue weighted by Gasteiger charge is -2.00. The summed E-state index contributed by atoms with van der Waals surface area (Å²) in [5, 5.41) is 0. The Morgan fingerprint density at radius 3 is 2.77 bits per heavy atom. The SMILES string of the molecule is O=C=NC(=O)Oc1ccccc1I. The predicted octanol–water partition coefficient (Wildman–Crippen LogP) is 2.13. The highest BCUT2D eigenvalue weighted by molar-refractivity contribution is 14.1. The average Bonchev–Trinajstić information content (AvgIpc) is 2.09. The molecule has 1 amide bonds. The zero-order valence-electron chi connectivity index (χ0n) is 6.36. The average molecular weight is 289 g/mol. The van der Waals surface area contributed by atoms with E-state index in [1.54, 1.807) is 18.2 Å². The number of amides is 1. The van der Waals surface area contributed by atoms with Crippen LogP contribution in [0.25, 0.3) is 0 Å². The first-order valence-corrected chi connectivity index (χ1v) is 4.36. The third-order valence-corrected chi connectivity index (χ3v) is 2.06. The van der Waals surface area contributed by atoms with E-state index in [4.69, 9.17) is 4.74 Å². The molecule has 0 aliphatic heterocycles. The van der Waals surface area contributed by atoms with Gasteiger partial charge in [0.1, 0.15) is 5.75 Å². The number of ether oxygens (including phenoxy) is 1. The van der Waals surface area contributed by atoms with E-state index in [0.717, 1.165) is 9.65 Å². The third kappa shape index (κ3) is 2.96. The highest BCUT2D eigenvalue weighted by Gasteiger charge is 2.04. The number of benzene rings is 1. The lowest BCUT2D eigenvalue weighted by atomic mass is 10.3. The highest BCUT2D eigenvalue weighted by Crippen LogP contribution is 2.19. The van der Waals surface area contributed by atoms with E-state index in [2.05, 4.69) is 4.99 Å². The number of nitrogens with zero attached hydrogens (tertiary/aromatic N) is 1.